The van der Waals surface area contributed by atoms with Crippen LogP contribution < -0.4 is 20.1 Å². The molecule has 1 aliphatic rings. The second-order valence-electron chi connectivity index (χ2n) is 5.35. The molecule has 1 aromatic carbocycles. The number of nitrogens with one attached hydrogen (secondary N) is 2. The molecule has 0 saturated carbocycles. The molecule has 0 aromatic heterocycles. The van der Waals surface area contributed by atoms with Crippen molar-refractivity contribution in [3.63, 3.8) is 0 Å². The fraction of sp³-hybridized carbons (Fsp3) is 0.333. The Morgan fingerprint density at radius 3 is 2.68 bits per heavy atom. The summed E-state index contributed by atoms with van der Waals surface area (Å²) in [5.74, 6) is 0.598. The van der Waals surface area contributed by atoms with Gasteiger partial charge in [0, 0.05) is 11.3 Å². The molecule has 134 valence electrons. The third-order valence-electron chi connectivity index (χ3n) is 3.78. The lowest BCUT2D eigenvalue weighted by Crippen LogP contribution is -2.45. The van der Waals surface area contributed by atoms with Crippen molar-refractivity contribution in [1.82, 2.24) is 10.6 Å². The number of rotatable bonds is 6. The number of carbonyl (C=O) groups is 2. The maximum atomic E-state index is 12.6. The van der Waals surface area contributed by atoms with Crippen LogP contribution in [-0.2, 0) is 9.53 Å². The van der Waals surface area contributed by atoms with Gasteiger partial charge in [0.05, 0.1) is 25.8 Å². The van der Waals surface area contributed by atoms with Crippen LogP contribution in [0, 0.1) is 0 Å². The van der Waals surface area contributed by atoms with Gasteiger partial charge >= 0.3 is 12.0 Å². The zero-order valence-electron chi connectivity index (χ0n) is 14.7. The van der Waals surface area contributed by atoms with E-state index in [0.29, 0.717) is 28.3 Å². The van der Waals surface area contributed by atoms with Crippen molar-refractivity contribution in [3.05, 3.63) is 47.2 Å². The lowest BCUT2D eigenvalue weighted by atomic mass is 9.94. The summed E-state index contributed by atoms with van der Waals surface area (Å²) in [7, 11) is 3.06. The average molecular weight is 346 g/mol. The van der Waals surface area contributed by atoms with Crippen LogP contribution in [0.3, 0.4) is 0 Å². The molecule has 2 rings (SSSR count). The Labute approximate surface area is 146 Å². The zero-order chi connectivity index (χ0) is 18.4. The molecule has 2 N–H and O–H groups in total. The Bertz CT molecular complexity index is 724. The fourth-order valence-electron chi connectivity index (χ4n) is 2.56. The predicted molar refractivity (Wildman–Crippen MR) is 92.4 cm³/mol. The number of esters is 1. The van der Waals surface area contributed by atoms with E-state index in [0.717, 1.165) is 0 Å². The van der Waals surface area contributed by atoms with E-state index < -0.39 is 18.0 Å². The molecule has 2 amide bonds. The number of amides is 2. The lowest BCUT2D eigenvalue weighted by Gasteiger charge is -2.29. The van der Waals surface area contributed by atoms with E-state index in [9.17, 15) is 9.59 Å². The van der Waals surface area contributed by atoms with Gasteiger partial charge in [0.25, 0.3) is 0 Å². The summed E-state index contributed by atoms with van der Waals surface area (Å²) in [4.78, 5) is 24.5. The van der Waals surface area contributed by atoms with Crippen LogP contribution in [0.4, 0.5) is 4.79 Å². The molecule has 1 aromatic rings. The third kappa shape index (κ3) is 4.12. The van der Waals surface area contributed by atoms with Gasteiger partial charge < -0.3 is 24.8 Å². The van der Waals surface area contributed by atoms with Crippen molar-refractivity contribution in [2.75, 3.05) is 20.8 Å². The quantitative estimate of drug-likeness (QED) is 0.610. The Kier molecular flexibility index (Phi) is 6.05. The van der Waals surface area contributed by atoms with Gasteiger partial charge in [-0.2, -0.15) is 0 Å². The SMILES string of the molecule is CC=CCOC(=O)C1=C(C)NC(=O)NC1c1cc(OC)ccc1OC. The highest BCUT2D eigenvalue weighted by Crippen LogP contribution is 2.35. The number of hydrogen-bond acceptors (Lipinski definition) is 5. The minimum Gasteiger partial charge on any atom is -0.497 e. The number of allylic oxidation sites excluding steroid dienone is 2. The Morgan fingerprint density at radius 2 is 2.04 bits per heavy atom. The number of ether oxygens (including phenoxy) is 3. The molecule has 7 nitrogen and oxygen atoms in total. The summed E-state index contributed by atoms with van der Waals surface area (Å²) in [6, 6.07) is 4.07. The number of hydrogen-bond donors (Lipinski definition) is 2. The summed E-state index contributed by atoms with van der Waals surface area (Å²) in [6.07, 6.45) is 3.52. The number of methoxy groups -OCH3 is 2. The Hall–Kier alpha value is -2.96. The molecule has 1 heterocycles. The normalized spacial score (nSPS) is 17.1. The van der Waals surface area contributed by atoms with E-state index >= 15 is 0 Å². The highest BCUT2D eigenvalue weighted by Gasteiger charge is 2.34. The first-order chi connectivity index (χ1) is 12.0. The van der Waals surface area contributed by atoms with Crippen LogP contribution in [0.2, 0.25) is 0 Å². The van der Waals surface area contributed by atoms with Gasteiger partial charge in [-0.25, -0.2) is 9.59 Å². The molecule has 25 heavy (non-hydrogen) atoms. The maximum Gasteiger partial charge on any atom is 0.338 e. The molecule has 1 atom stereocenters. The Balaban J connectivity index is 2.47. The van der Waals surface area contributed by atoms with E-state index in [-0.39, 0.29) is 6.61 Å². The lowest BCUT2D eigenvalue weighted by molar-refractivity contribution is -0.138. The average Bonchev–Trinajstić information content (AvgIpc) is 2.60. The van der Waals surface area contributed by atoms with Crippen LogP contribution >= 0.6 is 0 Å². The summed E-state index contributed by atoms with van der Waals surface area (Å²) in [6.45, 7) is 3.65. The van der Waals surface area contributed by atoms with Crippen LogP contribution in [-0.4, -0.2) is 32.8 Å². The van der Waals surface area contributed by atoms with Crippen molar-refractivity contribution in [2.24, 2.45) is 0 Å². The van der Waals surface area contributed by atoms with Crippen molar-refractivity contribution >= 4 is 12.0 Å². The first-order valence-electron chi connectivity index (χ1n) is 7.80. The molecule has 0 spiro atoms. The van der Waals surface area contributed by atoms with Gasteiger partial charge in [-0.05, 0) is 32.0 Å². The van der Waals surface area contributed by atoms with E-state index in [2.05, 4.69) is 10.6 Å². The molecule has 0 fully saturated rings. The standard InChI is InChI=1S/C18H22N2O5/c1-5-6-9-25-17(21)15-11(2)19-18(22)20-16(15)13-10-12(23-3)7-8-14(13)24-4/h5-8,10,16H,9H2,1-4H3,(H2,19,20,22). The molecule has 1 unspecified atom stereocenters. The molecular weight excluding hydrogens is 324 g/mol. The highest BCUT2D eigenvalue weighted by atomic mass is 16.5. The summed E-state index contributed by atoms with van der Waals surface area (Å²) < 4.78 is 15.9. The van der Waals surface area contributed by atoms with Crippen molar-refractivity contribution in [3.8, 4) is 11.5 Å². The van der Waals surface area contributed by atoms with E-state index in [1.54, 1.807) is 44.4 Å². The molecular formula is C18H22N2O5. The largest absolute Gasteiger partial charge is 0.497 e. The summed E-state index contributed by atoms with van der Waals surface area (Å²) in [5, 5.41) is 5.35. The van der Waals surface area contributed by atoms with Crippen molar-refractivity contribution in [1.29, 1.82) is 0 Å². The fourth-order valence-corrected chi connectivity index (χ4v) is 2.56. The van der Waals surface area contributed by atoms with Crippen LogP contribution in [0.1, 0.15) is 25.5 Å². The monoisotopic (exact) mass is 346 g/mol. The summed E-state index contributed by atoms with van der Waals surface area (Å²) in [5.41, 5.74) is 1.36. The van der Waals surface area contributed by atoms with Gasteiger partial charge in [-0.1, -0.05) is 12.2 Å². The van der Waals surface area contributed by atoms with E-state index in [4.69, 9.17) is 14.2 Å². The van der Waals surface area contributed by atoms with Crippen molar-refractivity contribution < 1.29 is 23.8 Å². The van der Waals surface area contributed by atoms with Gasteiger partial charge in [0.1, 0.15) is 18.1 Å². The first-order valence-corrected chi connectivity index (χ1v) is 7.80. The van der Waals surface area contributed by atoms with Gasteiger partial charge in [0.15, 0.2) is 0 Å². The molecule has 1 aliphatic heterocycles. The van der Waals surface area contributed by atoms with Crippen molar-refractivity contribution in [2.45, 2.75) is 19.9 Å². The van der Waals surface area contributed by atoms with Crippen LogP contribution in [0.5, 0.6) is 11.5 Å². The van der Waals surface area contributed by atoms with E-state index in [1.807, 2.05) is 6.92 Å². The minimum atomic E-state index is -0.711. The van der Waals surface area contributed by atoms with Crippen LogP contribution in [0.15, 0.2) is 41.6 Å². The second-order valence-corrected chi connectivity index (χ2v) is 5.35. The Morgan fingerprint density at radius 1 is 1.28 bits per heavy atom. The highest BCUT2D eigenvalue weighted by molar-refractivity contribution is 5.95. The molecule has 7 heteroatoms. The van der Waals surface area contributed by atoms with Gasteiger partial charge in [0.2, 0.25) is 0 Å². The smallest absolute Gasteiger partial charge is 0.338 e. The molecule has 0 bridgehead atoms. The van der Waals surface area contributed by atoms with Gasteiger partial charge in [-0.3, -0.25) is 0 Å². The number of carbonyl (C=O) groups excluding carboxylic acids is 2. The van der Waals surface area contributed by atoms with Crippen LogP contribution in [0.25, 0.3) is 0 Å². The van der Waals surface area contributed by atoms with Gasteiger partial charge in [-0.15, -0.1) is 0 Å². The molecule has 0 radical (unpaired) electrons. The zero-order valence-corrected chi connectivity index (χ0v) is 14.7. The molecule has 0 aliphatic carbocycles. The summed E-state index contributed by atoms with van der Waals surface area (Å²) >= 11 is 0. The first kappa shape index (κ1) is 18.4. The van der Waals surface area contributed by atoms with E-state index in [1.165, 1.54) is 7.11 Å². The molecule has 0 saturated heterocycles. The number of benzene rings is 1. The minimum absolute atomic E-state index is 0.155. The second kappa shape index (κ2) is 8.23. The number of urea groups is 1. The maximum absolute atomic E-state index is 12.6. The topological polar surface area (TPSA) is 85.9 Å². The predicted octanol–water partition coefficient (Wildman–Crippen LogP) is 2.45. The third-order valence-corrected chi connectivity index (χ3v) is 3.78.